The van der Waals surface area contributed by atoms with Gasteiger partial charge in [0.05, 0.1) is 6.61 Å². The van der Waals surface area contributed by atoms with Crippen molar-refractivity contribution in [3.05, 3.63) is 23.3 Å². The van der Waals surface area contributed by atoms with Gasteiger partial charge in [-0.2, -0.15) is 0 Å². The summed E-state index contributed by atoms with van der Waals surface area (Å²) in [5, 5.41) is 0. The van der Waals surface area contributed by atoms with Crippen molar-refractivity contribution in [3.63, 3.8) is 0 Å². The van der Waals surface area contributed by atoms with Crippen LogP contribution >= 0.6 is 0 Å². The van der Waals surface area contributed by atoms with Crippen LogP contribution in [0, 0.1) is 13.8 Å². The Kier molecular flexibility index (Phi) is 5.12. The molecule has 0 aliphatic heterocycles. The van der Waals surface area contributed by atoms with Crippen molar-refractivity contribution in [2.45, 2.75) is 27.2 Å². The lowest BCUT2D eigenvalue weighted by Crippen LogP contribution is -2.05. The second kappa shape index (κ2) is 6.38. The highest BCUT2D eigenvalue weighted by atomic mass is 16.5. The number of rotatable bonds is 6. The van der Waals surface area contributed by atoms with Gasteiger partial charge in [0.15, 0.2) is 0 Å². The van der Waals surface area contributed by atoms with Gasteiger partial charge in [0, 0.05) is 25.3 Å². The lowest BCUT2D eigenvalue weighted by Gasteiger charge is -2.12. The number of hydrogen-bond donors (Lipinski definition) is 1. The van der Waals surface area contributed by atoms with Gasteiger partial charge < -0.3 is 15.2 Å². The van der Waals surface area contributed by atoms with Crippen LogP contribution in [0.15, 0.2) is 12.1 Å². The van der Waals surface area contributed by atoms with Crippen molar-refractivity contribution in [2.75, 3.05) is 25.6 Å². The summed E-state index contributed by atoms with van der Waals surface area (Å²) in [4.78, 5) is 0. The summed E-state index contributed by atoms with van der Waals surface area (Å²) in [5.74, 6) is 0.950. The van der Waals surface area contributed by atoms with E-state index in [0.717, 1.165) is 42.2 Å². The van der Waals surface area contributed by atoms with Gasteiger partial charge in [-0.05, 0) is 44.0 Å². The lowest BCUT2D eigenvalue weighted by atomic mass is 10.1. The standard InChI is InChI=1S/C13H21NO2/c1-4-15-6-5-7-16-13-10(2)8-12(14)9-11(13)3/h8-9H,4-7,14H2,1-3H3. The maximum atomic E-state index is 5.75. The zero-order valence-corrected chi connectivity index (χ0v) is 10.4. The van der Waals surface area contributed by atoms with Crippen LogP contribution in [0.5, 0.6) is 5.75 Å². The van der Waals surface area contributed by atoms with Gasteiger partial charge in [0.1, 0.15) is 5.75 Å². The van der Waals surface area contributed by atoms with Crippen LogP contribution in [0.1, 0.15) is 24.5 Å². The van der Waals surface area contributed by atoms with Gasteiger partial charge in [-0.25, -0.2) is 0 Å². The van der Waals surface area contributed by atoms with Crippen LogP contribution in [-0.2, 0) is 4.74 Å². The van der Waals surface area contributed by atoms with Gasteiger partial charge in [0.25, 0.3) is 0 Å². The molecule has 0 aliphatic carbocycles. The number of hydrogen-bond acceptors (Lipinski definition) is 3. The predicted octanol–water partition coefficient (Wildman–Crippen LogP) is 2.69. The van der Waals surface area contributed by atoms with Crippen molar-refractivity contribution in [3.8, 4) is 5.75 Å². The van der Waals surface area contributed by atoms with Gasteiger partial charge >= 0.3 is 0 Å². The normalized spacial score (nSPS) is 10.4. The molecule has 16 heavy (non-hydrogen) atoms. The second-order valence-electron chi connectivity index (χ2n) is 3.88. The molecule has 0 heterocycles. The number of ether oxygens (including phenoxy) is 2. The van der Waals surface area contributed by atoms with Gasteiger partial charge in [-0.1, -0.05) is 0 Å². The molecule has 2 N–H and O–H groups in total. The molecule has 0 unspecified atom stereocenters. The maximum Gasteiger partial charge on any atom is 0.125 e. The SMILES string of the molecule is CCOCCCOc1c(C)cc(N)cc1C. The highest BCUT2D eigenvalue weighted by Gasteiger charge is 2.04. The summed E-state index contributed by atoms with van der Waals surface area (Å²) in [7, 11) is 0. The van der Waals surface area contributed by atoms with E-state index in [1.165, 1.54) is 0 Å². The van der Waals surface area contributed by atoms with Crippen LogP contribution in [0.4, 0.5) is 5.69 Å². The maximum absolute atomic E-state index is 5.75. The highest BCUT2D eigenvalue weighted by Crippen LogP contribution is 2.25. The minimum Gasteiger partial charge on any atom is -0.493 e. The molecule has 0 amide bonds. The Morgan fingerprint density at radius 3 is 2.31 bits per heavy atom. The average Bonchev–Trinajstić information content (AvgIpc) is 2.20. The van der Waals surface area contributed by atoms with E-state index in [1.54, 1.807) is 0 Å². The van der Waals surface area contributed by atoms with Crippen LogP contribution < -0.4 is 10.5 Å². The first-order valence-corrected chi connectivity index (χ1v) is 5.72. The molecule has 0 bridgehead atoms. The van der Waals surface area contributed by atoms with Crippen molar-refractivity contribution in [2.24, 2.45) is 0 Å². The Bertz CT molecular complexity index is 314. The van der Waals surface area contributed by atoms with E-state index in [4.69, 9.17) is 15.2 Å². The van der Waals surface area contributed by atoms with Gasteiger partial charge in [0.2, 0.25) is 0 Å². The average molecular weight is 223 g/mol. The predicted molar refractivity (Wildman–Crippen MR) is 66.9 cm³/mol. The third-order valence-corrected chi connectivity index (χ3v) is 2.37. The third kappa shape index (κ3) is 3.74. The molecule has 0 saturated carbocycles. The topological polar surface area (TPSA) is 44.5 Å². The molecule has 1 rings (SSSR count). The number of nitrogen functional groups attached to an aromatic ring is 1. The van der Waals surface area contributed by atoms with Crippen LogP contribution in [0.2, 0.25) is 0 Å². The zero-order chi connectivity index (χ0) is 12.0. The van der Waals surface area contributed by atoms with E-state index < -0.39 is 0 Å². The fourth-order valence-corrected chi connectivity index (χ4v) is 1.69. The second-order valence-corrected chi connectivity index (χ2v) is 3.88. The minimum atomic E-state index is 0.686. The van der Waals surface area contributed by atoms with E-state index in [9.17, 15) is 0 Å². The minimum absolute atomic E-state index is 0.686. The van der Waals surface area contributed by atoms with E-state index in [-0.39, 0.29) is 0 Å². The number of anilines is 1. The summed E-state index contributed by atoms with van der Waals surface area (Å²) >= 11 is 0. The van der Waals surface area contributed by atoms with E-state index >= 15 is 0 Å². The Morgan fingerprint density at radius 2 is 1.75 bits per heavy atom. The fourth-order valence-electron chi connectivity index (χ4n) is 1.69. The Hall–Kier alpha value is -1.22. The monoisotopic (exact) mass is 223 g/mol. The molecule has 0 fully saturated rings. The fraction of sp³-hybridized carbons (Fsp3) is 0.538. The summed E-state index contributed by atoms with van der Waals surface area (Å²) in [6.45, 7) is 8.23. The summed E-state index contributed by atoms with van der Waals surface area (Å²) in [6, 6.07) is 3.87. The molecule has 0 spiro atoms. The molecule has 90 valence electrons. The number of nitrogens with two attached hydrogens (primary N) is 1. The Morgan fingerprint density at radius 1 is 1.12 bits per heavy atom. The zero-order valence-electron chi connectivity index (χ0n) is 10.4. The lowest BCUT2D eigenvalue weighted by molar-refractivity contribution is 0.130. The number of aryl methyl sites for hydroxylation is 2. The first kappa shape index (κ1) is 12.8. The molecule has 0 radical (unpaired) electrons. The Labute approximate surface area is 97.6 Å². The molecular formula is C13H21NO2. The van der Waals surface area contributed by atoms with Gasteiger partial charge in [-0.3, -0.25) is 0 Å². The molecule has 0 aromatic heterocycles. The molecule has 0 atom stereocenters. The van der Waals surface area contributed by atoms with E-state index in [1.807, 2.05) is 32.9 Å². The molecule has 0 saturated heterocycles. The largest absolute Gasteiger partial charge is 0.493 e. The summed E-state index contributed by atoms with van der Waals surface area (Å²) in [6.07, 6.45) is 0.914. The smallest absolute Gasteiger partial charge is 0.125 e. The van der Waals surface area contributed by atoms with E-state index in [2.05, 4.69) is 0 Å². The Balaban J connectivity index is 2.47. The summed E-state index contributed by atoms with van der Waals surface area (Å²) < 4.78 is 11.0. The molecule has 3 nitrogen and oxygen atoms in total. The molecule has 1 aromatic rings. The van der Waals surface area contributed by atoms with Crippen molar-refractivity contribution in [1.29, 1.82) is 0 Å². The first-order valence-electron chi connectivity index (χ1n) is 5.72. The summed E-state index contributed by atoms with van der Waals surface area (Å²) in [5.41, 5.74) is 8.72. The molecule has 0 aliphatic rings. The van der Waals surface area contributed by atoms with Crippen LogP contribution in [0.3, 0.4) is 0 Å². The van der Waals surface area contributed by atoms with E-state index in [0.29, 0.717) is 6.61 Å². The van der Waals surface area contributed by atoms with Crippen LogP contribution in [-0.4, -0.2) is 19.8 Å². The first-order chi connectivity index (χ1) is 7.65. The third-order valence-electron chi connectivity index (χ3n) is 2.37. The van der Waals surface area contributed by atoms with Crippen molar-refractivity contribution < 1.29 is 9.47 Å². The quantitative estimate of drug-likeness (QED) is 0.595. The highest BCUT2D eigenvalue weighted by molar-refractivity contribution is 5.52. The van der Waals surface area contributed by atoms with Crippen LogP contribution in [0.25, 0.3) is 0 Å². The van der Waals surface area contributed by atoms with Crippen molar-refractivity contribution in [1.82, 2.24) is 0 Å². The number of benzene rings is 1. The van der Waals surface area contributed by atoms with Crippen molar-refractivity contribution >= 4 is 5.69 Å². The van der Waals surface area contributed by atoms with Gasteiger partial charge in [-0.15, -0.1) is 0 Å². The molecule has 3 heteroatoms. The molecule has 1 aromatic carbocycles. The molecular weight excluding hydrogens is 202 g/mol.